The molecule has 0 saturated carbocycles. The van der Waals surface area contributed by atoms with E-state index in [0.29, 0.717) is 18.8 Å². The van der Waals surface area contributed by atoms with Crippen LogP contribution in [0.5, 0.6) is 0 Å². The summed E-state index contributed by atoms with van der Waals surface area (Å²) in [6.45, 7) is 4.24. The Morgan fingerprint density at radius 1 is 1.25 bits per heavy atom. The van der Waals surface area contributed by atoms with Crippen molar-refractivity contribution >= 4 is 23.8 Å². The Morgan fingerprint density at radius 3 is 2.68 bits per heavy atom. The maximum Gasteiger partial charge on any atom is 0.324 e. The van der Waals surface area contributed by atoms with Gasteiger partial charge in [0.1, 0.15) is 11.9 Å². The number of hydrogen-bond donors (Lipinski definition) is 3. The van der Waals surface area contributed by atoms with Gasteiger partial charge in [-0.15, -0.1) is 5.10 Å². The second-order valence-corrected chi connectivity index (χ2v) is 7.01. The lowest BCUT2D eigenvalue weighted by molar-refractivity contribution is -0.127. The standard InChI is InChI=1S/C19H24N6O3/c1-12(2)16-22-18(24-23-16)21-15(26)9-8-14-17(27)25(19(28)20-14)11-10-13-6-4-3-5-7-13/h3-7,12,14H,8-11H2,1-2H3,(H,20,28)(H2,21,22,23,24,26)/t14-/m0/s1. The lowest BCUT2D eigenvalue weighted by atomic mass is 10.1. The Morgan fingerprint density at radius 2 is 2.00 bits per heavy atom. The van der Waals surface area contributed by atoms with Crippen LogP contribution in [0.2, 0.25) is 0 Å². The average molecular weight is 384 g/mol. The minimum Gasteiger partial charge on any atom is -0.326 e. The zero-order valence-corrected chi connectivity index (χ0v) is 15.9. The Balaban J connectivity index is 1.47. The molecule has 1 aromatic carbocycles. The zero-order chi connectivity index (χ0) is 20.1. The monoisotopic (exact) mass is 384 g/mol. The van der Waals surface area contributed by atoms with Gasteiger partial charge in [-0.2, -0.15) is 4.98 Å². The number of carbonyl (C=O) groups excluding carboxylic acids is 3. The van der Waals surface area contributed by atoms with Crippen molar-refractivity contribution in [1.29, 1.82) is 0 Å². The van der Waals surface area contributed by atoms with Crippen molar-refractivity contribution in [3.63, 3.8) is 0 Å². The molecule has 1 aliphatic heterocycles. The Kier molecular flexibility index (Phi) is 6.03. The Hall–Kier alpha value is -3.23. The normalized spacial score (nSPS) is 16.5. The molecule has 3 rings (SSSR count). The number of nitrogens with zero attached hydrogens (tertiary/aromatic N) is 3. The molecule has 28 heavy (non-hydrogen) atoms. The summed E-state index contributed by atoms with van der Waals surface area (Å²) in [5.41, 5.74) is 1.05. The third-order valence-corrected chi connectivity index (χ3v) is 4.53. The second kappa shape index (κ2) is 8.64. The Bertz CT molecular complexity index is 848. The predicted molar refractivity (Wildman–Crippen MR) is 103 cm³/mol. The third kappa shape index (κ3) is 4.73. The molecule has 0 spiro atoms. The SMILES string of the molecule is CC(C)c1nc(NC(=O)CC[C@@H]2NC(=O)N(CCc3ccccc3)C2=O)n[nH]1. The third-order valence-electron chi connectivity index (χ3n) is 4.53. The fraction of sp³-hybridized carbons (Fsp3) is 0.421. The predicted octanol–water partition coefficient (Wildman–Crippen LogP) is 1.81. The summed E-state index contributed by atoms with van der Waals surface area (Å²) in [6.07, 6.45) is 0.894. The highest BCUT2D eigenvalue weighted by atomic mass is 16.2. The number of anilines is 1. The fourth-order valence-corrected chi connectivity index (χ4v) is 2.92. The van der Waals surface area contributed by atoms with Crippen LogP contribution in [-0.4, -0.2) is 50.5 Å². The van der Waals surface area contributed by atoms with E-state index in [0.717, 1.165) is 5.56 Å². The van der Waals surface area contributed by atoms with E-state index in [-0.39, 0.29) is 36.5 Å². The van der Waals surface area contributed by atoms with Crippen LogP contribution in [0.1, 0.15) is 44.0 Å². The molecular weight excluding hydrogens is 360 g/mol. The van der Waals surface area contributed by atoms with Crippen LogP contribution >= 0.6 is 0 Å². The van der Waals surface area contributed by atoms with Crippen molar-refractivity contribution in [3.8, 4) is 0 Å². The molecule has 0 unspecified atom stereocenters. The number of urea groups is 1. The quantitative estimate of drug-likeness (QED) is 0.600. The van der Waals surface area contributed by atoms with Crippen LogP contribution in [0.15, 0.2) is 30.3 Å². The summed E-state index contributed by atoms with van der Waals surface area (Å²) >= 11 is 0. The molecule has 9 nitrogen and oxygen atoms in total. The number of rotatable bonds is 8. The second-order valence-electron chi connectivity index (χ2n) is 7.01. The van der Waals surface area contributed by atoms with Crippen LogP contribution in [0.3, 0.4) is 0 Å². The zero-order valence-electron chi connectivity index (χ0n) is 15.9. The molecular formula is C19H24N6O3. The van der Waals surface area contributed by atoms with Crippen molar-refractivity contribution in [1.82, 2.24) is 25.4 Å². The van der Waals surface area contributed by atoms with Crippen LogP contribution in [0.25, 0.3) is 0 Å². The summed E-state index contributed by atoms with van der Waals surface area (Å²) in [6, 6.07) is 8.55. The average Bonchev–Trinajstić information content (AvgIpc) is 3.24. The summed E-state index contributed by atoms with van der Waals surface area (Å²) in [5, 5.41) is 11.9. The molecule has 1 aliphatic rings. The van der Waals surface area contributed by atoms with E-state index < -0.39 is 12.1 Å². The van der Waals surface area contributed by atoms with Gasteiger partial charge in [-0.25, -0.2) is 4.79 Å². The van der Waals surface area contributed by atoms with Gasteiger partial charge in [0.15, 0.2) is 0 Å². The smallest absolute Gasteiger partial charge is 0.324 e. The highest BCUT2D eigenvalue weighted by Gasteiger charge is 2.37. The molecule has 1 fully saturated rings. The van der Waals surface area contributed by atoms with Gasteiger partial charge in [-0.1, -0.05) is 44.2 Å². The molecule has 148 valence electrons. The molecule has 1 aromatic heterocycles. The van der Waals surface area contributed by atoms with E-state index in [1.807, 2.05) is 44.2 Å². The van der Waals surface area contributed by atoms with Crippen molar-refractivity contribution in [3.05, 3.63) is 41.7 Å². The Labute approximate surface area is 162 Å². The maximum atomic E-state index is 12.5. The van der Waals surface area contributed by atoms with Crippen LogP contribution < -0.4 is 10.6 Å². The molecule has 3 N–H and O–H groups in total. The molecule has 0 bridgehead atoms. The lowest BCUT2D eigenvalue weighted by Gasteiger charge is -2.12. The number of amides is 4. The van der Waals surface area contributed by atoms with Gasteiger partial charge in [0.25, 0.3) is 5.91 Å². The van der Waals surface area contributed by atoms with E-state index in [9.17, 15) is 14.4 Å². The van der Waals surface area contributed by atoms with Crippen molar-refractivity contribution in [2.24, 2.45) is 0 Å². The number of nitrogens with one attached hydrogen (secondary N) is 3. The van der Waals surface area contributed by atoms with Gasteiger partial charge in [-0.05, 0) is 18.4 Å². The summed E-state index contributed by atoms with van der Waals surface area (Å²) in [4.78, 5) is 42.0. The largest absolute Gasteiger partial charge is 0.326 e. The highest BCUT2D eigenvalue weighted by molar-refractivity contribution is 6.04. The molecule has 2 aromatic rings. The number of aromatic amines is 1. The minimum atomic E-state index is -0.688. The molecule has 4 amide bonds. The number of aromatic nitrogens is 3. The van der Waals surface area contributed by atoms with Crippen molar-refractivity contribution < 1.29 is 14.4 Å². The first-order valence-corrected chi connectivity index (χ1v) is 9.32. The van der Waals surface area contributed by atoms with E-state index >= 15 is 0 Å². The first-order valence-electron chi connectivity index (χ1n) is 9.32. The van der Waals surface area contributed by atoms with E-state index in [4.69, 9.17) is 0 Å². The fourth-order valence-electron chi connectivity index (χ4n) is 2.92. The molecule has 0 radical (unpaired) electrons. The lowest BCUT2D eigenvalue weighted by Crippen LogP contribution is -2.33. The molecule has 9 heteroatoms. The van der Waals surface area contributed by atoms with Gasteiger partial charge in [0, 0.05) is 18.9 Å². The van der Waals surface area contributed by atoms with Crippen molar-refractivity contribution in [2.75, 3.05) is 11.9 Å². The number of H-pyrrole nitrogens is 1. The van der Waals surface area contributed by atoms with Gasteiger partial charge >= 0.3 is 6.03 Å². The van der Waals surface area contributed by atoms with Crippen LogP contribution in [0, 0.1) is 0 Å². The topological polar surface area (TPSA) is 120 Å². The number of carbonyl (C=O) groups is 3. The first-order chi connectivity index (χ1) is 13.4. The van der Waals surface area contributed by atoms with Crippen molar-refractivity contribution in [2.45, 2.75) is 45.1 Å². The number of hydrogen-bond acceptors (Lipinski definition) is 5. The van der Waals surface area contributed by atoms with Gasteiger partial charge in [-0.3, -0.25) is 24.9 Å². The number of imide groups is 1. The highest BCUT2D eigenvalue weighted by Crippen LogP contribution is 2.14. The summed E-state index contributed by atoms with van der Waals surface area (Å²) in [7, 11) is 0. The van der Waals surface area contributed by atoms with E-state index in [1.54, 1.807) is 0 Å². The summed E-state index contributed by atoms with van der Waals surface area (Å²) in [5.74, 6) is 0.460. The maximum absolute atomic E-state index is 12.5. The molecule has 2 heterocycles. The first kappa shape index (κ1) is 19.5. The van der Waals surface area contributed by atoms with Gasteiger partial charge in [0.2, 0.25) is 11.9 Å². The van der Waals surface area contributed by atoms with E-state index in [1.165, 1.54) is 4.90 Å². The minimum absolute atomic E-state index is 0.0781. The van der Waals surface area contributed by atoms with E-state index in [2.05, 4.69) is 25.8 Å². The number of benzene rings is 1. The van der Waals surface area contributed by atoms with Crippen LogP contribution in [-0.2, 0) is 16.0 Å². The van der Waals surface area contributed by atoms with Crippen LogP contribution in [0.4, 0.5) is 10.7 Å². The summed E-state index contributed by atoms with van der Waals surface area (Å²) < 4.78 is 0. The van der Waals surface area contributed by atoms with Gasteiger partial charge in [0.05, 0.1) is 0 Å². The van der Waals surface area contributed by atoms with Gasteiger partial charge < -0.3 is 5.32 Å². The molecule has 1 saturated heterocycles. The molecule has 1 atom stereocenters. The molecule has 0 aliphatic carbocycles.